The van der Waals surface area contributed by atoms with Crippen molar-refractivity contribution in [1.82, 2.24) is 10.2 Å². The Morgan fingerprint density at radius 2 is 1.64 bits per heavy atom. The van der Waals surface area contributed by atoms with Gasteiger partial charge in [0.25, 0.3) is 5.69 Å². The molecule has 382 valence electrons. The Hall–Kier alpha value is -6.42. The van der Waals surface area contributed by atoms with Crippen LogP contribution in [0.25, 0.3) is 0 Å². The van der Waals surface area contributed by atoms with E-state index in [9.17, 15) is 29.5 Å². The fourth-order valence-electron chi connectivity index (χ4n) is 11.5. The number of allylic oxidation sites excluding steroid dienone is 1. The first-order chi connectivity index (χ1) is 35.1. The van der Waals surface area contributed by atoms with Gasteiger partial charge in [0, 0.05) is 62.8 Å². The van der Waals surface area contributed by atoms with Gasteiger partial charge in [0.1, 0.15) is 30.0 Å². The molecule has 8 rings (SSSR count). The zero-order valence-electron chi connectivity index (χ0n) is 40.9. The number of nitrogens with one attached hydrogen (secondary N) is 1. The zero-order chi connectivity index (χ0) is 50.5. The summed E-state index contributed by atoms with van der Waals surface area (Å²) in [7, 11) is 0. The van der Waals surface area contributed by atoms with E-state index in [4.69, 9.17) is 24.2 Å². The number of halogens is 1. The molecule has 4 aromatic rings. The van der Waals surface area contributed by atoms with Gasteiger partial charge < -0.3 is 39.5 Å². The standard InChI is InChI=1S/C57H67FN4O10/c1-2-32-69-57-52(61(37-41-18-23-44(58)24-19-41)53(65)29-22-39-12-6-7-13-39)35-50(60-70-38-42-20-25-45(26-21-42)62(67)68)48-33-43(16-8-10-30-63)47(17-9-11-31-64)54(55(48)57)49-34-46(27-28-51(49)72-57)71-56(66)59-36-40-14-4-3-5-15-40/h2-5,14-15,18-21,23-28,33-34,39,43,47,52,54-55,63-64H,1,6-13,16-17,22,29-32,35-38H2,(H,59,66). The van der Waals surface area contributed by atoms with Crippen LogP contribution in [0, 0.1) is 39.6 Å². The third-order valence-corrected chi connectivity index (χ3v) is 14.9. The highest BCUT2D eigenvalue weighted by atomic mass is 19.1. The number of aliphatic hydroxyl groups is 2. The second-order valence-corrected chi connectivity index (χ2v) is 19.5. The highest BCUT2D eigenvalue weighted by Crippen LogP contribution is 2.62. The van der Waals surface area contributed by atoms with Crippen LogP contribution in [-0.4, -0.2) is 69.4 Å². The average molecular weight is 987 g/mol. The van der Waals surface area contributed by atoms with Crippen LogP contribution in [0.1, 0.15) is 112 Å². The van der Waals surface area contributed by atoms with Crippen molar-refractivity contribution in [3.8, 4) is 11.5 Å². The second-order valence-electron chi connectivity index (χ2n) is 19.5. The molecule has 1 heterocycles. The first-order valence-corrected chi connectivity index (χ1v) is 25.6. The molecule has 0 radical (unpaired) electrons. The minimum absolute atomic E-state index is 0.00133. The fourth-order valence-corrected chi connectivity index (χ4v) is 11.5. The molecule has 0 aromatic heterocycles. The van der Waals surface area contributed by atoms with E-state index in [1.54, 1.807) is 42.5 Å². The number of non-ortho nitro benzene ring substituents is 1. The van der Waals surface area contributed by atoms with Crippen molar-refractivity contribution < 1.29 is 48.2 Å². The third-order valence-electron chi connectivity index (χ3n) is 14.9. The molecule has 72 heavy (non-hydrogen) atoms. The molecule has 3 N–H and O–H groups in total. The smallest absolute Gasteiger partial charge is 0.412 e. The van der Waals surface area contributed by atoms with Gasteiger partial charge in [0.05, 0.1) is 23.2 Å². The second kappa shape index (κ2) is 24.8. The Balaban J connectivity index is 1.28. The number of benzene rings is 4. The summed E-state index contributed by atoms with van der Waals surface area (Å²) in [5, 5.41) is 39.3. The van der Waals surface area contributed by atoms with Gasteiger partial charge in [-0.2, -0.15) is 0 Å². The number of amides is 2. The lowest BCUT2D eigenvalue weighted by Crippen LogP contribution is -2.70. The molecule has 6 unspecified atom stereocenters. The van der Waals surface area contributed by atoms with E-state index >= 15 is 4.79 Å². The summed E-state index contributed by atoms with van der Waals surface area (Å²) in [4.78, 5) is 47.7. The van der Waals surface area contributed by atoms with E-state index in [1.165, 1.54) is 24.3 Å². The molecule has 0 bridgehead atoms. The number of aliphatic hydroxyl groups excluding tert-OH is 2. The monoisotopic (exact) mass is 986 g/mol. The van der Waals surface area contributed by atoms with E-state index in [2.05, 4.69) is 18.0 Å². The SMILES string of the molecule is C=CCOC12Oc3ccc(OC(=O)NCc4ccccc4)cc3C3C(CCCCO)C(CCCCO)C=C(C(=NOCc4ccc([N+](=O)[O-])cc4)CC1N(Cc1ccc(F)cc1)C(=O)CCC1CCCC1)C32. The number of fused-ring (bicyclic) bond motifs is 2. The molecule has 2 amide bonds. The van der Waals surface area contributed by atoms with E-state index in [0.29, 0.717) is 59.9 Å². The number of hydrogen-bond donors (Lipinski definition) is 3. The molecular formula is C57H67FN4O10. The summed E-state index contributed by atoms with van der Waals surface area (Å²) in [6, 6.07) is 26.3. The van der Waals surface area contributed by atoms with Crippen molar-refractivity contribution in [3.63, 3.8) is 0 Å². The van der Waals surface area contributed by atoms with Crippen molar-refractivity contribution in [2.75, 3.05) is 19.8 Å². The maximum atomic E-state index is 15.3. The molecule has 14 nitrogen and oxygen atoms in total. The van der Waals surface area contributed by atoms with E-state index in [-0.39, 0.29) is 75.8 Å². The predicted molar refractivity (Wildman–Crippen MR) is 270 cm³/mol. The maximum Gasteiger partial charge on any atom is 0.412 e. The molecule has 0 spiro atoms. The number of rotatable bonds is 24. The lowest BCUT2D eigenvalue weighted by atomic mass is 9.55. The number of unbranched alkanes of at least 4 members (excludes halogenated alkanes) is 2. The van der Waals surface area contributed by atoms with Crippen LogP contribution < -0.4 is 14.8 Å². The van der Waals surface area contributed by atoms with Crippen LogP contribution in [0.2, 0.25) is 0 Å². The summed E-state index contributed by atoms with van der Waals surface area (Å²) in [5.74, 6) is -2.02. The summed E-state index contributed by atoms with van der Waals surface area (Å²) in [6.07, 6.45) is 12.9. The van der Waals surface area contributed by atoms with E-state index < -0.39 is 40.5 Å². The number of nitro groups is 1. The van der Waals surface area contributed by atoms with Crippen molar-refractivity contribution in [2.24, 2.45) is 28.8 Å². The molecule has 3 aliphatic carbocycles. The van der Waals surface area contributed by atoms with Gasteiger partial charge in [0.2, 0.25) is 11.7 Å². The number of carbonyl (C=O) groups is 2. The van der Waals surface area contributed by atoms with Crippen LogP contribution >= 0.6 is 0 Å². The molecule has 0 saturated heterocycles. The molecule has 15 heteroatoms. The van der Waals surface area contributed by atoms with Crippen LogP contribution in [0.3, 0.4) is 0 Å². The van der Waals surface area contributed by atoms with Gasteiger partial charge in [-0.1, -0.05) is 98.3 Å². The molecule has 6 atom stereocenters. The van der Waals surface area contributed by atoms with Crippen molar-refractivity contribution in [2.45, 2.75) is 121 Å². The predicted octanol–water partition coefficient (Wildman–Crippen LogP) is 10.9. The van der Waals surface area contributed by atoms with Crippen LogP contribution in [0.15, 0.2) is 127 Å². The van der Waals surface area contributed by atoms with E-state index in [0.717, 1.165) is 61.6 Å². The van der Waals surface area contributed by atoms with Gasteiger partial charge in [-0.25, -0.2) is 9.18 Å². The minimum Gasteiger partial charge on any atom is -0.459 e. The first kappa shape index (κ1) is 51.9. The van der Waals surface area contributed by atoms with Gasteiger partial charge in [0.15, 0.2) is 0 Å². The first-order valence-electron chi connectivity index (χ1n) is 25.6. The molecular weight excluding hydrogens is 920 g/mol. The molecule has 1 aliphatic heterocycles. The summed E-state index contributed by atoms with van der Waals surface area (Å²) in [5.41, 5.74) is 4.41. The van der Waals surface area contributed by atoms with Crippen LogP contribution in [-0.2, 0) is 34.1 Å². The Morgan fingerprint density at radius 3 is 2.35 bits per heavy atom. The fraction of sp³-hybridized carbons (Fsp3) is 0.456. The minimum atomic E-state index is -1.56. The van der Waals surface area contributed by atoms with Crippen LogP contribution in [0.5, 0.6) is 11.5 Å². The highest BCUT2D eigenvalue weighted by molar-refractivity contribution is 6.03. The zero-order valence-corrected chi connectivity index (χ0v) is 40.9. The van der Waals surface area contributed by atoms with Gasteiger partial charge in [-0.3, -0.25) is 14.9 Å². The van der Waals surface area contributed by atoms with Gasteiger partial charge >= 0.3 is 6.09 Å². The largest absolute Gasteiger partial charge is 0.459 e. The van der Waals surface area contributed by atoms with Crippen molar-refractivity contribution in [1.29, 1.82) is 0 Å². The number of nitrogens with zero attached hydrogens (tertiary/aromatic N) is 3. The molecule has 4 aromatic carbocycles. The normalized spacial score (nSPS) is 22.7. The third kappa shape index (κ3) is 12.4. The Labute approximate surface area is 421 Å². The molecule has 2 saturated carbocycles. The Kier molecular flexibility index (Phi) is 17.9. The van der Waals surface area contributed by atoms with Gasteiger partial charge in [-0.15, -0.1) is 6.58 Å². The number of ether oxygens (including phenoxy) is 3. The lowest BCUT2D eigenvalue weighted by Gasteiger charge is -2.60. The Morgan fingerprint density at radius 1 is 0.917 bits per heavy atom. The summed E-state index contributed by atoms with van der Waals surface area (Å²) in [6.45, 7) is 4.55. The van der Waals surface area contributed by atoms with Crippen molar-refractivity contribution in [3.05, 3.63) is 160 Å². The maximum absolute atomic E-state index is 15.3. The van der Waals surface area contributed by atoms with Crippen LogP contribution in [0.4, 0.5) is 14.9 Å². The highest BCUT2D eigenvalue weighted by Gasteiger charge is 2.65. The van der Waals surface area contributed by atoms with Gasteiger partial charge in [-0.05, 0) is 115 Å². The van der Waals surface area contributed by atoms with Crippen molar-refractivity contribution >= 4 is 23.4 Å². The number of carbonyl (C=O) groups excluding carboxylic acids is 2. The molecule has 4 aliphatic rings. The quantitative estimate of drug-likeness (QED) is 0.0264. The summed E-state index contributed by atoms with van der Waals surface area (Å²) < 4.78 is 35.1. The Bertz CT molecular complexity index is 2530. The van der Waals surface area contributed by atoms with E-state index in [1.807, 2.05) is 41.3 Å². The molecule has 2 fully saturated rings. The summed E-state index contributed by atoms with van der Waals surface area (Å²) >= 11 is 0. The number of nitro benzene ring substituents is 1. The number of oxime groups is 1. The average Bonchev–Trinajstić information content (AvgIpc) is 3.92. The lowest BCUT2D eigenvalue weighted by molar-refractivity contribution is -0.384. The number of hydrogen-bond acceptors (Lipinski definition) is 11. The topological polar surface area (TPSA) is 182 Å².